The molecule has 0 aromatic rings. The van der Waals surface area contributed by atoms with Gasteiger partial charge in [0.1, 0.15) is 6.54 Å². The molecular formula is C8H11N3O3. The zero-order valence-electron chi connectivity index (χ0n) is 7.53. The third-order valence-electron chi connectivity index (χ3n) is 1.67. The van der Waals surface area contributed by atoms with Crippen LogP contribution in [0.5, 0.6) is 0 Å². The van der Waals surface area contributed by atoms with Gasteiger partial charge in [-0.3, -0.25) is 19.3 Å². The number of rotatable bonds is 4. The average molecular weight is 197 g/mol. The molecule has 0 aliphatic carbocycles. The van der Waals surface area contributed by atoms with Gasteiger partial charge in [-0.15, -0.1) is 0 Å². The number of carbonyl (C=O) groups is 3. The van der Waals surface area contributed by atoms with Crippen LogP contribution in [-0.2, 0) is 14.4 Å². The molecule has 0 aromatic carbocycles. The molecule has 1 aliphatic rings. The Balaban J connectivity index is 2.41. The van der Waals surface area contributed by atoms with E-state index >= 15 is 0 Å². The quantitative estimate of drug-likeness (QED) is 0.509. The van der Waals surface area contributed by atoms with Crippen LogP contribution in [-0.4, -0.2) is 42.3 Å². The first-order valence-electron chi connectivity index (χ1n) is 4.15. The summed E-state index contributed by atoms with van der Waals surface area (Å²) in [6.07, 6.45) is 2.27. The number of amides is 3. The Labute approximate surface area is 80.7 Å². The lowest BCUT2D eigenvalue weighted by Crippen LogP contribution is -2.41. The molecule has 0 bridgehead atoms. The molecule has 3 N–H and O–H groups in total. The van der Waals surface area contributed by atoms with Crippen molar-refractivity contribution in [2.24, 2.45) is 5.73 Å². The minimum atomic E-state index is -0.460. The number of hydrogen-bond acceptors (Lipinski definition) is 4. The van der Waals surface area contributed by atoms with Gasteiger partial charge >= 0.3 is 0 Å². The largest absolute Gasteiger partial charge is 0.353 e. The standard InChI is InChI=1S/C8H11N3O3/c9-3-4-10-6(12)5-11-7(13)1-2-8(11)14/h1-2H,3-5,9H2,(H,10,12). The molecule has 0 spiro atoms. The Kier molecular flexibility index (Phi) is 3.35. The summed E-state index contributed by atoms with van der Waals surface area (Å²) in [5, 5.41) is 2.46. The summed E-state index contributed by atoms with van der Waals surface area (Å²) in [5.74, 6) is -1.31. The van der Waals surface area contributed by atoms with Crippen molar-refractivity contribution in [3.8, 4) is 0 Å². The average Bonchev–Trinajstić information content (AvgIpc) is 2.46. The summed E-state index contributed by atoms with van der Waals surface area (Å²) >= 11 is 0. The Bertz CT molecular complexity index is 280. The molecule has 6 heteroatoms. The van der Waals surface area contributed by atoms with Crippen LogP contribution in [0.25, 0.3) is 0 Å². The van der Waals surface area contributed by atoms with Crippen molar-refractivity contribution < 1.29 is 14.4 Å². The molecule has 0 saturated carbocycles. The first kappa shape index (κ1) is 10.4. The predicted octanol–water partition coefficient (Wildman–Crippen LogP) is -2.01. The van der Waals surface area contributed by atoms with E-state index < -0.39 is 11.8 Å². The Morgan fingerprint density at radius 1 is 1.36 bits per heavy atom. The maximum absolute atomic E-state index is 11.1. The van der Waals surface area contributed by atoms with E-state index in [-0.39, 0.29) is 12.5 Å². The van der Waals surface area contributed by atoms with E-state index in [1.165, 1.54) is 0 Å². The van der Waals surface area contributed by atoms with Gasteiger partial charge in [0.05, 0.1) is 0 Å². The molecule has 0 radical (unpaired) electrons. The van der Waals surface area contributed by atoms with Crippen molar-refractivity contribution in [2.45, 2.75) is 0 Å². The highest BCUT2D eigenvalue weighted by molar-refractivity contribution is 6.14. The van der Waals surface area contributed by atoms with Crippen LogP contribution in [0.4, 0.5) is 0 Å². The topological polar surface area (TPSA) is 92.5 Å². The highest BCUT2D eigenvalue weighted by Gasteiger charge is 2.25. The first-order chi connectivity index (χ1) is 6.65. The molecule has 0 atom stereocenters. The summed E-state index contributed by atoms with van der Waals surface area (Å²) < 4.78 is 0. The monoisotopic (exact) mass is 197 g/mol. The van der Waals surface area contributed by atoms with Crippen LogP contribution in [0.3, 0.4) is 0 Å². The van der Waals surface area contributed by atoms with Gasteiger partial charge < -0.3 is 11.1 Å². The number of carbonyl (C=O) groups excluding carboxylic acids is 3. The molecule has 0 fully saturated rings. The van der Waals surface area contributed by atoms with Crippen LogP contribution < -0.4 is 11.1 Å². The van der Waals surface area contributed by atoms with Crippen LogP contribution in [0.1, 0.15) is 0 Å². The summed E-state index contributed by atoms with van der Waals surface area (Å²) in [6, 6.07) is 0. The maximum atomic E-state index is 11.1. The number of hydrogen-bond donors (Lipinski definition) is 2. The van der Waals surface area contributed by atoms with Crippen molar-refractivity contribution in [2.75, 3.05) is 19.6 Å². The van der Waals surface area contributed by atoms with E-state index in [0.717, 1.165) is 17.1 Å². The number of nitrogens with zero attached hydrogens (tertiary/aromatic N) is 1. The lowest BCUT2D eigenvalue weighted by molar-refractivity contribution is -0.141. The number of nitrogens with two attached hydrogens (primary N) is 1. The molecule has 0 unspecified atom stereocenters. The van der Waals surface area contributed by atoms with Crippen LogP contribution in [0, 0.1) is 0 Å². The number of nitrogens with one attached hydrogen (secondary N) is 1. The van der Waals surface area contributed by atoms with Gasteiger partial charge in [0, 0.05) is 25.2 Å². The zero-order valence-corrected chi connectivity index (χ0v) is 7.53. The fourth-order valence-corrected chi connectivity index (χ4v) is 0.998. The lowest BCUT2D eigenvalue weighted by atomic mass is 10.4. The fraction of sp³-hybridized carbons (Fsp3) is 0.375. The smallest absolute Gasteiger partial charge is 0.254 e. The van der Waals surface area contributed by atoms with Gasteiger partial charge in [-0.1, -0.05) is 0 Å². The van der Waals surface area contributed by atoms with Gasteiger partial charge in [-0.25, -0.2) is 0 Å². The Morgan fingerprint density at radius 3 is 2.43 bits per heavy atom. The molecule has 1 heterocycles. The maximum Gasteiger partial charge on any atom is 0.254 e. The van der Waals surface area contributed by atoms with E-state index in [0.29, 0.717) is 13.1 Å². The number of imide groups is 1. The van der Waals surface area contributed by atoms with Crippen molar-refractivity contribution in [1.82, 2.24) is 10.2 Å². The van der Waals surface area contributed by atoms with Gasteiger partial charge in [0.2, 0.25) is 5.91 Å². The van der Waals surface area contributed by atoms with Gasteiger partial charge in [-0.2, -0.15) is 0 Å². The SMILES string of the molecule is NCCNC(=O)CN1C(=O)C=CC1=O. The molecular weight excluding hydrogens is 186 g/mol. The summed E-state index contributed by atoms with van der Waals surface area (Å²) in [7, 11) is 0. The van der Waals surface area contributed by atoms with Crippen LogP contribution >= 0.6 is 0 Å². The molecule has 76 valence electrons. The van der Waals surface area contributed by atoms with Crippen LogP contribution in [0.15, 0.2) is 12.2 Å². The van der Waals surface area contributed by atoms with E-state index in [1.54, 1.807) is 0 Å². The summed E-state index contributed by atoms with van der Waals surface area (Å²) in [5.41, 5.74) is 5.17. The van der Waals surface area contributed by atoms with Crippen molar-refractivity contribution in [1.29, 1.82) is 0 Å². The van der Waals surface area contributed by atoms with Crippen molar-refractivity contribution in [3.63, 3.8) is 0 Å². The fourth-order valence-electron chi connectivity index (χ4n) is 0.998. The predicted molar refractivity (Wildman–Crippen MR) is 47.9 cm³/mol. The summed E-state index contributed by atoms with van der Waals surface area (Å²) in [6.45, 7) is 0.416. The molecule has 14 heavy (non-hydrogen) atoms. The zero-order chi connectivity index (χ0) is 10.6. The molecule has 0 aromatic heterocycles. The van der Waals surface area contributed by atoms with Gasteiger partial charge in [0.25, 0.3) is 11.8 Å². The molecule has 0 saturated heterocycles. The minimum Gasteiger partial charge on any atom is -0.353 e. The second-order valence-electron chi connectivity index (χ2n) is 2.73. The third kappa shape index (κ3) is 2.40. The molecule has 1 rings (SSSR count). The highest BCUT2D eigenvalue weighted by atomic mass is 16.2. The normalized spacial score (nSPS) is 15.1. The summed E-state index contributed by atoms with van der Waals surface area (Å²) in [4.78, 5) is 34.0. The van der Waals surface area contributed by atoms with Crippen LogP contribution in [0.2, 0.25) is 0 Å². The van der Waals surface area contributed by atoms with Crippen molar-refractivity contribution in [3.05, 3.63) is 12.2 Å². The Morgan fingerprint density at radius 2 is 1.93 bits per heavy atom. The van der Waals surface area contributed by atoms with E-state index in [9.17, 15) is 14.4 Å². The van der Waals surface area contributed by atoms with Gasteiger partial charge in [0.15, 0.2) is 0 Å². The lowest BCUT2D eigenvalue weighted by Gasteiger charge is -2.12. The van der Waals surface area contributed by atoms with E-state index in [1.807, 2.05) is 0 Å². The molecule has 1 aliphatic heterocycles. The third-order valence-corrected chi connectivity index (χ3v) is 1.67. The van der Waals surface area contributed by atoms with E-state index in [2.05, 4.69) is 5.32 Å². The van der Waals surface area contributed by atoms with E-state index in [4.69, 9.17) is 5.73 Å². The van der Waals surface area contributed by atoms with Crippen molar-refractivity contribution >= 4 is 17.7 Å². The highest BCUT2D eigenvalue weighted by Crippen LogP contribution is 2.01. The molecule has 3 amide bonds. The Hall–Kier alpha value is -1.69. The minimum absolute atomic E-state index is 0.245. The molecule has 6 nitrogen and oxygen atoms in total. The van der Waals surface area contributed by atoms with Gasteiger partial charge in [-0.05, 0) is 0 Å². The second kappa shape index (κ2) is 4.52. The first-order valence-corrected chi connectivity index (χ1v) is 4.15. The second-order valence-corrected chi connectivity index (χ2v) is 2.73.